The minimum absolute atomic E-state index is 0.138. The van der Waals surface area contributed by atoms with Crippen LogP contribution in [0.25, 0.3) is 6.08 Å². The molecule has 0 fully saturated rings. The van der Waals surface area contributed by atoms with Crippen LogP contribution in [-0.2, 0) is 14.3 Å². The molecule has 0 bridgehead atoms. The molecule has 0 spiro atoms. The molecule has 0 saturated heterocycles. The molecule has 1 aromatic carbocycles. The van der Waals surface area contributed by atoms with Crippen molar-refractivity contribution < 1.29 is 23.7 Å². The molecule has 0 unspecified atom stereocenters. The smallest absolute Gasteiger partial charge is 0.349 e. The Balaban J connectivity index is 2.23. The van der Waals surface area contributed by atoms with E-state index in [1.54, 1.807) is 19.1 Å². The molecule has 1 aromatic rings. The fourth-order valence-electron chi connectivity index (χ4n) is 2.03. The second kappa shape index (κ2) is 7.86. The highest BCUT2D eigenvalue weighted by atomic mass is 35.5. The molecule has 0 aliphatic carbocycles. The largest absolute Gasteiger partial charge is 0.486 e. The summed E-state index contributed by atoms with van der Waals surface area (Å²) in [5.74, 6) is 0.223. The first-order chi connectivity index (χ1) is 11.0. The number of ether oxygens (including phenoxy) is 4. The van der Waals surface area contributed by atoms with Gasteiger partial charge in [0.15, 0.2) is 11.5 Å². The van der Waals surface area contributed by atoms with Gasteiger partial charge in [-0.2, -0.15) is 5.26 Å². The summed E-state index contributed by atoms with van der Waals surface area (Å²) >= 11 is 6.13. The second-order valence-corrected chi connectivity index (χ2v) is 5.28. The summed E-state index contributed by atoms with van der Waals surface area (Å²) in [6.45, 7) is 2.77. The molecule has 122 valence electrons. The van der Waals surface area contributed by atoms with E-state index in [2.05, 4.69) is 0 Å². The van der Waals surface area contributed by atoms with Gasteiger partial charge in [-0.1, -0.05) is 11.6 Å². The molecule has 2 rings (SSSR count). The number of carbonyl (C=O) groups is 1. The van der Waals surface area contributed by atoms with E-state index in [4.69, 9.17) is 35.8 Å². The third-order valence-electron chi connectivity index (χ3n) is 2.98. The van der Waals surface area contributed by atoms with Crippen molar-refractivity contribution in [1.82, 2.24) is 0 Å². The van der Waals surface area contributed by atoms with Gasteiger partial charge in [-0.3, -0.25) is 0 Å². The van der Waals surface area contributed by atoms with Gasteiger partial charge in [0.25, 0.3) is 0 Å². The molecule has 1 heterocycles. The van der Waals surface area contributed by atoms with Crippen LogP contribution in [0.15, 0.2) is 17.7 Å². The number of nitriles is 1. The number of fused-ring (bicyclic) bond motifs is 1. The lowest BCUT2D eigenvalue weighted by atomic mass is 10.1. The number of carbonyl (C=O) groups excluding carboxylic acids is 1. The number of nitrogens with zero attached hydrogens (tertiary/aromatic N) is 1. The molecule has 6 nitrogen and oxygen atoms in total. The number of methoxy groups -OCH3 is 1. The predicted molar refractivity (Wildman–Crippen MR) is 83.5 cm³/mol. The molecule has 23 heavy (non-hydrogen) atoms. The lowest BCUT2D eigenvalue weighted by molar-refractivity contribution is -0.145. The maximum atomic E-state index is 12.0. The SMILES string of the molecule is COC[C@@H](C)OC(=O)/C(C#N)=C/c1cc(Cl)c2c(c1)OCCO2. The van der Waals surface area contributed by atoms with Gasteiger partial charge in [-0.05, 0) is 30.7 Å². The molecule has 1 atom stereocenters. The van der Waals surface area contributed by atoms with Crippen molar-refractivity contribution in [3.63, 3.8) is 0 Å². The van der Waals surface area contributed by atoms with Gasteiger partial charge < -0.3 is 18.9 Å². The van der Waals surface area contributed by atoms with Crippen LogP contribution in [0.5, 0.6) is 11.5 Å². The first-order valence-electron chi connectivity index (χ1n) is 6.96. The van der Waals surface area contributed by atoms with Gasteiger partial charge in [0.1, 0.15) is 31.0 Å². The highest BCUT2D eigenvalue weighted by Crippen LogP contribution is 2.38. The van der Waals surface area contributed by atoms with Crippen molar-refractivity contribution in [3.8, 4) is 17.6 Å². The molecule has 1 aliphatic heterocycles. The van der Waals surface area contributed by atoms with Gasteiger partial charge in [0, 0.05) is 7.11 Å². The predicted octanol–water partition coefficient (Wildman–Crippen LogP) is 2.60. The van der Waals surface area contributed by atoms with Crippen molar-refractivity contribution in [1.29, 1.82) is 5.26 Å². The fraction of sp³-hybridized carbons (Fsp3) is 0.375. The van der Waals surface area contributed by atoms with Crippen LogP contribution in [0.1, 0.15) is 12.5 Å². The number of hydrogen-bond acceptors (Lipinski definition) is 6. The van der Waals surface area contributed by atoms with E-state index in [-0.39, 0.29) is 12.2 Å². The minimum Gasteiger partial charge on any atom is -0.486 e. The van der Waals surface area contributed by atoms with Crippen LogP contribution in [0, 0.1) is 11.3 Å². The van der Waals surface area contributed by atoms with Gasteiger partial charge in [0.05, 0.1) is 11.6 Å². The normalized spacial score (nSPS) is 14.8. The number of rotatable bonds is 5. The average Bonchev–Trinajstić information content (AvgIpc) is 2.52. The fourth-order valence-corrected chi connectivity index (χ4v) is 2.31. The van der Waals surface area contributed by atoms with Crippen molar-refractivity contribution in [2.75, 3.05) is 26.9 Å². The highest BCUT2D eigenvalue weighted by Gasteiger charge is 2.18. The summed E-state index contributed by atoms with van der Waals surface area (Å²) in [6.07, 6.45) is 0.944. The van der Waals surface area contributed by atoms with E-state index in [0.717, 1.165) is 0 Å². The summed E-state index contributed by atoms with van der Waals surface area (Å²) in [5.41, 5.74) is 0.410. The number of esters is 1. The van der Waals surface area contributed by atoms with Crippen LogP contribution in [-0.4, -0.2) is 39.0 Å². The summed E-state index contributed by atoms with van der Waals surface area (Å²) in [5, 5.41) is 9.52. The Labute approximate surface area is 139 Å². The quantitative estimate of drug-likeness (QED) is 0.467. The van der Waals surface area contributed by atoms with E-state index >= 15 is 0 Å². The average molecular weight is 338 g/mol. The Bertz CT molecular complexity index is 665. The van der Waals surface area contributed by atoms with Gasteiger partial charge in [-0.15, -0.1) is 0 Å². The first-order valence-corrected chi connectivity index (χ1v) is 7.33. The number of halogens is 1. The Morgan fingerprint density at radius 2 is 2.22 bits per heavy atom. The Morgan fingerprint density at radius 3 is 2.91 bits per heavy atom. The summed E-state index contributed by atoms with van der Waals surface area (Å²) in [6, 6.07) is 5.08. The maximum Gasteiger partial charge on any atom is 0.349 e. The van der Waals surface area contributed by atoms with Crippen LogP contribution >= 0.6 is 11.6 Å². The van der Waals surface area contributed by atoms with Crippen LogP contribution < -0.4 is 9.47 Å². The van der Waals surface area contributed by atoms with Gasteiger partial charge in [-0.25, -0.2) is 4.79 Å². The van der Waals surface area contributed by atoms with Crippen molar-refractivity contribution >= 4 is 23.6 Å². The Kier molecular flexibility index (Phi) is 5.85. The lowest BCUT2D eigenvalue weighted by Gasteiger charge is -2.19. The van der Waals surface area contributed by atoms with Crippen molar-refractivity contribution in [3.05, 3.63) is 28.3 Å². The van der Waals surface area contributed by atoms with E-state index in [9.17, 15) is 4.79 Å². The molecular formula is C16H16ClNO5. The highest BCUT2D eigenvalue weighted by molar-refractivity contribution is 6.32. The Hall–Kier alpha value is -2.23. The van der Waals surface area contributed by atoms with Gasteiger partial charge >= 0.3 is 5.97 Å². The third-order valence-corrected chi connectivity index (χ3v) is 3.26. The molecular weight excluding hydrogens is 322 g/mol. The Morgan fingerprint density at radius 1 is 1.48 bits per heavy atom. The molecule has 0 saturated carbocycles. The van der Waals surface area contributed by atoms with Crippen LogP contribution in [0.4, 0.5) is 0 Å². The molecule has 7 heteroatoms. The van der Waals surface area contributed by atoms with E-state index < -0.39 is 12.1 Å². The zero-order valence-electron chi connectivity index (χ0n) is 12.8. The monoisotopic (exact) mass is 337 g/mol. The number of hydrogen-bond donors (Lipinski definition) is 0. The summed E-state index contributed by atoms with van der Waals surface area (Å²) in [7, 11) is 1.50. The van der Waals surface area contributed by atoms with Crippen molar-refractivity contribution in [2.24, 2.45) is 0 Å². The maximum absolute atomic E-state index is 12.0. The number of benzene rings is 1. The topological polar surface area (TPSA) is 77.8 Å². The zero-order chi connectivity index (χ0) is 16.8. The van der Waals surface area contributed by atoms with Crippen LogP contribution in [0.2, 0.25) is 5.02 Å². The van der Waals surface area contributed by atoms with E-state index in [1.165, 1.54) is 13.2 Å². The third kappa shape index (κ3) is 4.38. The van der Waals surface area contributed by atoms with E-state index in [1.807, 2.05) is 6.07 Å². The standard InChI is InChI=1S/C16H16ClNO5/c1-10(9-20-2)23-16(19)12(8-18)5-11-6-13(17)15-14(7-11)21-3-4-22-15/h5-7,10H,3-4,9H2,1-2H3/b12-5+/t10-/m1/s1. The zero-order valence-corrected chi connectivity index (χ0v) is 13.6. The van der Waals surface area contributed by atoms with E-state index in [0.29, 0.717) is 35.3 Å². The van der Waals surface area contributed by atoms with Crippen LogP contribution in [0.3, 0.4) is 0 Å². The summed E-state index contributed by atoms with van der Waals surface area (Å²) < 4.78 is 20.9. The van der Waals surface area contributed by atoms with Crippen molar-refractivity contribution in [2.45, 2.75) is 13.0 Å². The second-order valence-electron chi connectivity index (χ2n) is 4.87. The molecule has 0 radical (unpaired) electrons. The lowest BCUT2D eigenvalue weighted by Crippen LogP contribution is -2.20. The minimum atomic E-state index is -0.719. The molecule has 0 N–H and O–H groups in total. The molecule has 0 aromatic heterocycles. The summed E-state index contributed by atoms with van der Waals surface area (Å²) in [4.78, 5) is 12.0. The molecule has 1 aliphatic rings. The van der Waals surface area contributed by atoms with Gasteiger partial charge in [0.2, 0.25) is 0 Å². The first kappa shape index (κ1) is 17.1. The molecule has 0 amide bonds.